The summed E-state index contributed by atoms with van der Waals surface area (Å²) in [6, 6.07) is 4.66. The zero-order valence-corrected chi connectivity index (χ0v) is 18.9. The number of rotatable bonds is 8. The number of hydrogen-bond donors (Lipinski definition) is 3. The Balaban J connectivity index is 1.58. The molecule has 1 aliphatic rings. The van der Waals surface area contributed by atoms with Gasteiger partial charge in [0.25, 0.3) is 11.2 Å². The smallest absolute Gasteiger partial charge is 0.359 e. The Morgan fingerprint density at radius 3 is 2.67 bits per heavy atom. The van der Waals surface area contributed by atoms with Crippen LogP contribution >= 0.6 is 0 Å². The van der Waals surface area contributed by atoms with Crippen molar-refractivity contribution in [1.29, 1.82) is 0 Å². The predicted molar refractivity (Wildman–Crippen MR) is 119 cm³/mol. The van der Waals surface area contributed by atoms with Crippen LogP contribution in [0.4, 0.5) is 5.69 Å². The van der Waals surface area contributed by atoms with Gasteiger partial charge in [-0.25, -0.2) is 14.3 Å². The van der Waals surface area contributed by atoms with Crippen LogP contribution in [0.1, 0.15) is 46.0 Å². The summed E-state index contributed by atoms with van der Waals surface area (Å²) in [5, 5.41) is 38.2. The molecule has 1 fully saturated rings. The summed E-state index contributed by atoms with van der Waals surface area (Å²) in [4.78, 5) is 49.4. The molecule has 4 rings (SSSR count). The van der Waals surface area contributed by atoms with Gasteiger partial charge in [0.15, 0.2) is 5.69 Å². The Labute approximate surface area is 201 Å². The van der Waals surface area contributed by atoms with Crippen molar-refractivity contribution >= 4 is 11.7 Å². The van der Waals surface area contributed by atoms with Gasteiger partial charge in [-0.2, -0.15) is 0 Å². The number of aromatic nitrogens is 5. The topological polar surface area (TPSA) is 205 Å². The Morgan fingerprint density at radius 2 is 2.03 bits per heavy atom. The first-order valence-corrected chi connectivity index (χ1v) is 10.8. The molecule has 2 aromatic heterocycles. The standard InChI is InChI=1S/C21H22N6O9/c1-11-7-25(21(32)22-19(11)30)17-6-15(16(9-29)36-17)26-18(14(8-28)23-24-26)20(31)35-10-12-2-4-13(5-3-12)27(33)34/h2-5,7,15-17,28-29H,6,8-10H2,1H3,(H,22,30,32)/t15-,16+,17+/m0/s1. The lowest BCUT2D eigenvalue weighted by atomic mass is 10.1. The minimum absolute atomic E-state index is 0.0686. The van der Waals surface area contributed by atoms with E-state index in [1.807, 2.05) is 0 Å². The summed E-state index contributed by atoms with van der Waals surface area (Å²) in [7, 11) is 0. The number of aliphatic hydroxyl groups excluding tert-OH is 2. The van der Waals surface area contributed by atoms with Gasteiger partial charge < -0.3 is 19.7 Å². The SMILES string of the molecule is Cc1cn([C@H]2C[C@H](n3nnc(CO)c3C(=O)OCc3ccc([N+](=O)[O-])cc3)[C@@H](CO)O2)c(=O)[nH]c1=O. The maximum Gasteiger partial charge on any atom is 0.359 e. The highest BCUT2D eigenvalue weighted by Crippen LogP contribution is 2.36. The van der Waals surface area contributed by atoms with Crippen molar-refractivity contribution in [3.8, 4) is 0 Å². The van der Waals surface area contributed by atoms with Gasteiger partial charge in [-0.05, 0) is 24.6 Å². The lowest BCUT2D eigenvalue weighted by Crippen LogP contribution is -2.33. The van der Waals surface area contributed by atoms with Crippen LogP contribution in [-0.2, 0) is 22.7 Å². The first-order valence-electron chi connectivity index (χ1n) is 10.8. The number of aryl methyl sites for hydroxylation is 1. The lowest BCUT2D eigenvalue weighted by Gasteiger charge is -2.17. The number of esters is 1. The van der Waals surface area contributed by atoms with Crippen molar-refractivity contribution in [2.75, 3.05) is 6.61 Å². The fraction of sp³-hybridized carbons (Fsp3) is 0.381. The van der Waals surface area contributed by atoms with Crippen molar-refractivity contribution in [3.05, 3.63) is 83.9 Å². The third-order valence-electron chi connectivity index (χ3n) is 5.78. The van der Waals surface area contributed by atoms with Gasteiger partial charge in [0.1, 0.15) is 24.6 Å². The quantitative estimate of drug-likeness (QED) is 0.207. The molecule has 0 unspecified atom stereocenters. The summed E-state index contributed by atoms with van der Waals surface area (Å²) in [5.41, 5.74) is -0.822. The van der Waals surface area contributed by atoms with Gasteiger partial charge in [0.05, 0.1) is 24.2 Å². The van der Waals surface area contributed by atoms with Crippen LogP contribution in [-0.4, -0.2) is 58.4 Å². The lowest BCUT2D eigenvalue weighted by molar-refractivity contribution is -0.384. The first-order chi connectivity index (χ1) is 17.2. The van der Waals surface area contributed by atoms with E-state index in [9.17, 15) is 34.7 Å². The molecule has 15 heteroatoms. The number of nitrogens with one attached hydrogen (secondary N) is 1. The summed E-state index contributed by atoms with van der Waals surface area (Å²) < 4.78 is 13.5. The average molecular weight is 502 g/mol. The van der Waals surface area contributed by atoms with Crippen LogP contribution in [0.25, 0.3) is 0 Å². The van der Waals surface area contributed by atoms with E-state index in [-0.39, 0.29) is 35.7 Å². The summed E-state index contributed by atoms with van der Waals surface area (Å²) >= 11 is 0. The molecule has 3 atom stereocenters. The van der Waals surface area contributed by atoms with Crippen molar-refractivity contribution in [2.24, 2.45) is 0 Å². The minimum Gasteiger partial charge on any atom is -0.456 e. The van der Waals surface area contributed by atoms with Gasteiger partial charge in [-0.15, -0.1) is 5.10 Å². The van der Waals surface area contributed by atoms with Crippen LogP contribution in [0.5, 0.6) is 0 Å². The minimum atomic E-state index is -0.899. The number of benzene rings is 1. The summed E-state index contributed by atoms with van der Waals surface area (Å²) in [6.07, 6.45) is -0.375. The van der Waals surface area contributed by atoms with E-state index in [1.165, 1.54) is 46.6 Å². The molecule has 3 aromatic rings. The number of H-pyrrole nitrogens is 1. The number of hydrogen-bond acceptors (Lipinski definition) is 11. The Morgan fingerprint density at radius 1 is 1.31 bits per heavy atom. The molecule has 36 heavy (non-hydrogen) atoms. The average Bonchev–Trinajstić information content (AvgIpc) is 3.48. The van der Waals surface area contributed by atoms with Crippen molar-refractivity contribution < 1.29 is 29.4 Å². The first kappa shape index (κ1) is 24.9. The molecule has 0 bridgehead atoms. The van der Waals surface area contributed by atoms with Crippen LogP contribution < -0.4 is 11.2 Å². The zero-order chi connectivity index (χ0) is 26.0. The monoisotopic (exact) mass is 502 g/mol. The molecule has 0 saturated carbocycles. The molecule has 0 amide bonds. The Kier molecular flexibility index (Phi) is 7.05. The highest BCUT2D eigenvalue weighted by atomic mass is 16.6. The van der Waals surface area contributed by atoms with Crippen LogP contribution in [0.3, 0.4) is 0 Å². The second-order valence-corrected chi connectivity index (χ2v) is 8.08. The van der Waals surface area contributed by atoms with E-state index in [4.69, 9.17) is 9.47 Å². The van der Waals surface area contributed by atoms with E-state index in [0.29, 0.717) is 5.56 Å². The third-order valence-corrected chi connectivity index (χ3v) is 5.78. The normalized spacial score (nSPS) is 19.4. The van der Waals surface area contributed by atoms with E-state index in [2.05, 4.69) is 15.3 Å². The molecule has 1 aromatic carbocycles. The molecule has 190 valence electrons. The predicted octanol–water partition coefficient (Wildman–Crippen LogP) is -0.285. The molecular weight excluding hydrogens is 480 g/mol. The fourth-order valence-electron chi connectivity index (χ4n) is 3.92. The van der Waals surface area contributed by atoms with Gasteiger partial charge >= 0.3 is 11.7 Å². The maximum absolute atomic E-state index is 13.0. The number of ether oxygens (including phenoxy) is 2. The van der Waals surface area contributed by atoms with E-state index >= 15 is 0 Å². The van der Waals surface area contributed by atoms with Gasteiger partial charge in [-0.3, -0.25) is 24.5 Å². The van der Waals surface area contributed by atoms with Crippen LogP contribution in [0.15, 0.2) is 40.1 Å². The highest BCUT2D eigenvalue weighted by Gasteiger charge is 2.41. The fourth-order valence-corrected chi connectivity index (χ4v) is 3.92. The van der Waals surface area contributed by atoms with E-state index < -0.39 is 53.7 Å². The number of nitro groups is 1. The number of nitro benzene ring substituents is 1. The molecule has 0 spiro atoms. The van der Waals surface area contributed by atoms with Crippen molar-refractivity contribution in [1.82, 2.24) is 24.5 Å². The van der Waals surface area contributed by atoms with Gasteiger partial charge in [0, 0.05) is 30.3 Å². The molecule has 0 radical (unpaired) electrons. The number of aromatic amines is 1. The van der Waals surface area contributed by atoms with E-state index in [0.717, 1.165) is 0 Å². The summed E-state index contributed by atoms with van der Waals surface area (Å²) in [5.74, 6) is -0.875. The summed E-state index contributed by atoms with van der Waals surface area (Å²) in [6.45, 7) is 0.200. The van der Waals surface area contributed by atoms with Crippen molar-refractivity contribution in [3.63, 3.8) is 0 Å². The largest absolute Gasteiger partial charge is 0.456 e. The molecule has 1 aliphatic heterocycles. The second kappa shape index (κ2) is 10.2. The second-order valence-electron chi connectivity index (χ2n) is 8.08. The molecule has 15 nitrogen and oxygen atoms in total. The number of nitrogens with zero attached hydrogens (tertiary/aromatic N) is 5. The van der Waals surface area contributed by atoms with Gasteiger partial charge in [-0.1, -0.05) is 5.21 Å². The Bertz CT molecular complexity index is 1390. The Hall–Kier alpha value is -4.21. The number of carbonyl (C=O) groups is 1. The third kappa shape index (κ3) is 4.79. The number of carbonyl (C=O) groups excluding carboxylic acids is 1. The van der Waals surface area contributed by atoms with Crippen LogP contribution in [0, 0.1) is 17.0 Å². The van der Waals surface area contributed by atoms with Crippen LogP contribution in [0.2, 0.25) is 0 Å². The molecule has 3 N–H and O–H groups in total. The van der Waals surface area contributed by atoms with Crippen molar-refractivity contribution in [2.45, 2.75) is 44.9 Å². The number of aliphatic hydroxyl groups is 2. The molecule has 3 heterocycles. The number of non-ortho nitro benzene ring substituents is 1. The maximum atomic E-state index is 13.0. The molecule has 1 saturated heterocycles. The highest BCUT2D eigenvalue weighted by molar-refractivity contribution is 5.88. The van der Waals surface area contributed by atoms with Gasteiger partial charge in [0.2, 0.25) is 0 Å². The molecular formula is C21H22N6O9. The zero-order valence-electron chi connectivity index (χ0n) is 18.9. The van der Waals surface area contributed by atoms with E-state index in [1.54, 1.807) is 0 Å². The molecule has 0 aliphatic carbocycles.